The van der Waals surface area contributed by atoms with E-state index in [0.717, 1.165) is 4.57 Å². The van der Waals surface area contributed by atoms with E-state index in [0.29, 0.717) is 11.0 Å². The summed E-state index contributed by atoms with van der Waals surface area (Å²) in [6, 6.07) is 11.4. The zero-order valence-electron chi connectivity index (χ0n) is 14.5. The van der Waals surface area contributed by atoms with Gasteiger partial charge in [0.1, 0.15) is 16.8 Å². The summed E-state index contributed by atoms with van der Waals surface area (Å²) in [4.78, 5) is 55.3. The molecule has 0 saturated carbocycles. The lowest BCUT2D eigenvalue weighted by atomic mass is 10.2. The number of pyridine rings is 1. The van der Waals surface area contributed by atoms with E-state index < -0.39 is 22.8 Å². The molecule has 140 valence electrons. The van der Waals surface area contributed by atoms with E-state index in [9.17, 15) is 19.2 Å². The molecular formula is C19H14N4O5. The fourth-order valence-corrected chi connectivity index (χ4v) is 2.88. The highest BCUT2D eigenvalue weighted by Crippen LogP contribution is 2.12. The number of H-pyrrole nitrogens is 1. The number of benzene rings is 1. The number of fused-ring (bicyclic) bond motifs is 2. The van der Waals surface area contributed by atoms with Gasteiger partial charge in [0.25, 0.3) is 11.5 Å². The second kappa shape index (κ2) is 6.95. The molecule has 1 aromatic carbocycles. The molecule has 4 aromatic rings. The number of aromatic nitrogens is 3. The van der Waals surface area contributed by atoms with Crippen molar-refractivity contribution >= 4 is 27.9 Å². The second-order valence-electron chi connectivity index (χ2n) is 6.03. The van der Waals surface area contributed by atoms with Crippen LogP contribution in [0.25, 0.3) is 22.0 Å². The molecule has 28 heavy (non-hydrogen) atoms. The third-order valence-corrected chi connectivity index (χ3v) is 4.26. The Labute approximate surface area is 156 Å². The Balaban J connectivity index is 1.55. The predicted octanol–water partition coefficient (Wildman–Crippen LogP) is 0.621. The molecule has 9 nitrogen and oxygen atoms in total. The standard InChI is InChI=1S/C19H14N4O5/c24-16(13-10-11-4-1-2-6-14(11)28-18(13)26)21-8-9-23-17(25)12-5-3-7-20-15(12)22-19(23)27/h1-7,10H,8-9H2,(H,21,24)(H,20,22,27). The summed E-state index contributed by atoms with van der Waals surface area (Å²) in [6.45, 7) is -0.0937. The number of nitrogens with zero attached hydrogens (tertiary/aromatic N) is 2. The minimum absolute atomic E-state index is 0.0279. The summed E-state index contributed by atoms with van der Waals surface area (Å²) in [5, 5.41) is 3.41. The van der Waals surface area contributed by atoms with Crippen LogP contribution in [0.15, 0.2) is 67.5 Å². The van der Waals surface area contributed by atoms with Crippen LogP contribution in [0.5, 0.6) is 0 Å². The van der Waals surface area contributed by atoms with E-state index in [1.54, 1.807) is 36.4 Å². The van der Waals surface area contributed by atoms with Crippen LogP contribution in [0, 0.1) is 0 Å². The highest BCUT2D eigenvalue weighted by molar-refractivity contribution is 5.96. The lowest BCUT2D eigenvalue weighted by Gasteiger charge is -2.08. The van der Waals surface area contributed by atoms with Gasteiger partial charge >= 0.3 is 11.3 Å². The van der Waals surface area contributed by atoms with Crippen molar-refractivity contribution in [1.82, 2.24) is 19.9 Å². The Kier molecular flexibility index (Phi) is 4.32. The molecule has 0 radical (unpaired) electrons. The Hall–Kier alpha value is -4.01. The molecule has 1 amide bonds. The maximum Gasteiger partial charge on any atom is 0.349 e. The van der Waals surface area contributed by atoms with Gasteiger partial charge in [-0.3, -0.25) is 19.1 Å². The molecule has 9 heteroatoms. The quantitative estimate of drug-likeness (QED) is 0.501. The number of nitrogens with one attached hydrogen (secondary N) is 2. The van der Waals surface area contributed by atoms with Crippen LogP contribution >= 0.6 is 0 Å². The van der Waals surface area contributed by atoms with E-state index in [-0.39, 0.29) is 29.7 Å². The summed E-state index contributed by atoms with van der Waals surface area (Å²) < 4.78 is 6.10. The summed E-state index contributed by atoms with van der Waals surface area (Å²) in [5.74, 6) is -0.647. The number of carbonyl (C=O) groups excluding carboxylic acids is 1. The van der Waals surface area contributed by atoms with Gasteiger partial charge in [0.15, 0.2) is 0 Å². The van der Waals surface area contributed by atoms with Gasteiger partial charge in [0.2, 0.25) is 0 Å². The molecule has 0 bridgehead atoms. The number of rotatable bonds is 4. The normalized spacial score (nSPS) is 11.0. The van der Waals surface area contributed by atoms with E-state index in [2.05, 4.69) is 15.3 Å². The van der Waals surface area contributed by atoms with Crippen molar-refractivity contribution in [2.24, 2.45) is 0 Å². The summed E-state index contributed by atoms with van der Waals surface area (Å²) in [5.41, 5.74) is -1.47. The Morgan fingerprint density at radius 1 is 1.14 bits per heavy atom. The van der Waals surface area contributed by atoms with Crippen molar-refractivity contribution in [3.8, 4) is 0 Å². The molecule has 0 saturated heterocycles. The minimum atomic E-state index is -0.761. The monoisotopic (exact) mass is 378 g/mol. The van der Waals surface area contributed by atoms with Crippen molar-refractivity contribution in [2.45, 2.75) is 6.54 Å². The molecule has 3 heterocycles. The predicted molar refractivity (Wildman–Crippen MR) is 101 cm³/mol. The molecule has 0 fully saturated rings. The number of para-hydroxylation sites is 1. The second-order valence-corrected chi connectivity index (χ2v) is 6.03. The largest absolute Gasteiger partial charge is 0.422 e. The molecular weight excluding hydrogens is 364 g/mol. The van der Waals surface area contributed by atoms with Gasteiger partial charge in [0.05, 0.1) is 5.39 Å². The van der Waals surface area contributed by atoms with E-state index in [4.69, 9.17) is 4.42 Å². The lowest BCUT2D eigenvalue weighted by molar-refractivity contribution is 0.0948. The lowest BCUT2D eigenvalue weighted by Crippen LogP contribution is -2.39. The van der Waals surface area contributed by atoms with Gasteiger partial charge in [-0.05, 0) is 24.3 Å². The fraction of sp³-hybridized carbons (Fsp3) is 0.105. The average Bonchev–Trinajstić information content (AvgIpc) is 2.69. The first-order valence-corrected chi connectivity index (χ1v) is 8.43. The third-order valence-electron chi connectivity index (χ3n) is 4.26. The summed E-state index contributed by atoms with van der Waals surface area (Å²) in [7, 11) is 0. The van der Waals surface area contributed by atoms with E-state index >= 15 is 0 Å². The molecule has 0 unspecified atom stereocenters. The van der Waals surface area contributed by atoms with Crippen LogP contribution in [0.4, 0.5) is 0 Å². The Morgan fingerprint density at radius 2 is 1.96 bits per heavy atom. The molecule has 0 aliphatic rings. The van der Waals surface area contributed by atoms with Crippen LogP contribution in [0.3, 0.4) is 0 Å². The number of amides is 1. The van der Waals surface area contributed by atoms with Gasteiger partial charge in [-0.15, -0.1) is 0 Å². The third kappa shape index (κ3) is 3.09. The SMILES string of the molecule is O=C(NCCn1c(=O)[nH]c2ncccc2c1=O)c1cc2ccccc2oc1=O. The van der Waals surface area contributed by atoms with Crippen molar-refractivity contribution in [2.75, 3.05) is 6.54 Å². The van der Waals surface area contributed by atoms with Gasteiger partial charge in [-0.1, -0.05) is 18.2 Å². The highest BCUT2D eigenvalue weighted by Gasteiger charge is 2.14. The molecule has 0 aliphatic heterocycles. The highest BCUT2D eigenvalue weighted by atomic mass is 16.4. The van der Waals surface area contributed by atoms with Gasteiger partial charge < -0.3 is 9.73 Å². The average molecular weight is 378 g/mol. The van der Waals surface area contributed by atoms with Crippen molar-refractivity contribution in [3.05, 3.63) is 85.5 Å². The zero-order valence-corrected chi connectivity index (χ0v) is 14.5. The number of carbonyl (C=O) groups is 1. The molecule has 0 aliphatic carbocycles. The molecule has 0 spiro atoms. The maximum absolute atomic E-state index is 12.4. The Bertz CT molecular complexity index is 1380. The summed E-state index contributed by atoms with van der Waals surface area (Å²) in [6.07, 6.45) is 1.47. The van der Waals surface area contributed by atoms with Crippen molar-refractivity contribution in [3.63, 3.8) is 0 Å². The van der Waals surface area contributed by atoms with Gasteiger partial charge in [0, 0.05) is 24.7 Å². The molecule has 0 atom stereocenters. The van der Waals surface area contributed by atoms with Gasteiger partial charge in [-0.2, -0.15) is 0 Å². The number of aromatic amines is 1. The first-order valence-electron chi connectivity index (χ1n) is 8.43. The van der Waals surface area contributed by atoms with E-state index in [1.165, 1.54) is 12.3 Å². The first kappa shape index (κ1) is 17.4. The topological polar surface area (TPSA) is 127 Å². The van der Waals surface area contributed by atoms with Crippen molar-refractivity contribution in [1.29, 1.82) is 0 Å². The molecule has 3 aromatic heterocycles. The van der Waals surface area contributed by atoms with E-state index in [1.807, 2.05) is 0 Å². The number of hydrogen-bond acceptors (Lipinski definition) is 6. The maximum atomic E-state index is 12.4. The Morgan fingerprint density at radius 3 is 2.82 bits per heavy atom. The van der Waals surface area contributed by atoms with Crippen LogP contribution in [0.2, 0.25) is 0 Å². The van der Waals surface area contributed by atoms with Crippen LogP contribution in [-0.2, 0) is 6.54 Å². The summed E-state index contributed by atoms with van der Waals surface area (Å²) >= 11 is 0. The van der Waals surface area contributed by atoms with Crippen molar-refractivity contribution < 1.29 is 9.21 Å². The zero-order chi connectivity index (χ0) is 19.7. The molecule has 2 N–H and O–H groups in total. The van der Waals surface area contributed by atoms with Crippen LogP contribution in [0.1, 0.15) is 10.4 Å². The van der Waals surface area contributed by atoms with Crippen LogP contribution in [-0.4, -0.2) is 27.0 Å². The first-order chi connectivity index (χ1) is 13.5. The fourth-order valence-electron chi connectivity index (χ4n) is 2.88. The van der Waals surface area contributed by atoms with Crippen LogP contribution < -0.4 is 22.2 Å². The smallest absolute Gasteiger partial charge is 0.349 e. The molecule has 4 rings (SSSR count). The number of hydrogen-bond donors (Lipinski definition) is 2. The van der Waals surface area contributed by atoms with Gasteiger partial charge in [-0.25, -0.2) is 14.6 Å². The minimum Gasteiger partial charge on any atom is -0.422 e.